The number of carbonyl (C=O) groups is 1. The highest BCUT2D eigenvalue weighted by Crippen LogP contribution is 2.28. The number of hydrogen-bond acceptors (Lipinski definition) is 3. The fourth-order valence-electron chi connectivity index (χ4n) is 2.89. The highest BCUT2D eigenvalue weighted by atomic mass is 16.4. The van der Waals surface area contributed by atoms with Crippen LogP contribution in [-0.4, -0.2) is 28.6 Å². The molecule has 1 aromatic heterocycles. The molecule has 104 valence electrons. The molecule has 1 aliphatic rings. The van der Waals surface area contributed by atoms with E-state index in [1.807, 2.05) is 24.3 Å². The van der Waals surface area contributed by atoms with Gasteiger partial charge in [0.2, 0.25) is 0 Å². The molecule has 0 bridgehead atoms. The number of anilines is 1. The highest BCUT2D eigenvalue weighted by molar-refractivity contribution is 5.98. The Labute approximate surface area is 118 Å². The van der Waals surface area contributed by atoms with Crippen molar-refractivity contribution in [3.8, 4) is 0 Å². The molecule has 1 aliphatic heterocycles. The molecular formula is C16H18N2O2. The van der Waals surface area contributed by atoms with Gasteiger partial charge in [0.25, 0.3) is 0 Å². The van der Waals surface area contributed by atoms with Crippen LogP contribution >= 0.6 is 0 Å². The van der Waals surface area contributed by atoms with E-state index in [9.17, 15) is 9.90 Å². The van der Waals surface area contributed by atoms with E-state index in [4.69, 9.17) is 0 Å². The highest BCUT2D eigenvalue weighted by Gasteiger charge is 2.24. The lowest BCUT2D eigenvalue weighted by Crippen LogP contribution is -2.39. The second-order valence-corrected chi connectivity index (χ2v) is 5.40. The van der Waals surface area contributed by atoms with Crippen molar-refractivity contribution in [1.82, 2.24) is 4.98 Å². The van der Waals surface area contributed by atoms with Gasteiger partial charge in [-0.2, -0.15) is 0 Å². The first-order valence-corrected chi connectivity index (χ1v) is 7.06. The van der Waals surface area contributed by atoms with Gasteiger partial charge >= 0.3 is 5.97 Å². The first-order valence-electron chi connectivity index (χ1n) is 7.06. The fraction of sp³-hybridized carbons (Fsp3) is 0.375. The van der Waals surface area contributed by atoms with Crippen LogP contribution in [-0.2, 0) is 0 Å². The molecule has 1 aromatic carbocycles. The number of hydrogen-bond donors (Lipinski definition) is 1. The molecule has 0 spiro atoms. The van der Waals surface area contributed by atoms with Crippen molar-refractivity contribution in [2.75, 3.05) is 11.4 Å². The molecule has 4 heteroatoms. The summed E-state index contributed by atoms with van der Waals surface area (Å²) in [7, 11) is 0. The maximum Gasteiger partial charge on any atom is 0.339 e. The second-order valence-electron chi connectivity index (χ2n) is 5.40. The summed E-state index contributed by atoms with van der Waals surface area (Å²) in [4.78, 5) is 18.3. The Morgan fingerprint density at radius 3 is 2.90 bits per heavy atom. The summed E-state index contributed by atoms with van der Waals surface area (Å²) < 4.78 is 0. The third kappa shape index (κ3) is 2.22. The molecule has 0 saturated carbocycles. The smallest absolute Gasteiger partial charge is 0.339 e. The first-order chi connectivity index (χ1) is 9.66. The average molecular weight is 270 g/mol. The van der Waals surface area contributed by atoms with E-state index in [0.717, 1.165) is 30.3 Å². The first kappa shape index (κ1) is 12.9. The number of fused-ring (bicyclic) bond motifs is 1. The van der Waals surface area contributed by atoms with E-state index in [1.54, 1.807) is 6.07 Å². The minimum atomic E-state index is -0.906. The van der Waals surface area contributed by atoms with E-state index in [1.165, 1.54) is 6.42 Å². The molecule has 1 fully saturated rings. The van der Waals surface area contributed by atoms with Gasteiger partial charge in [-0.15, -0.1) is 0 Å². The molecule has 4 nitrogen and oxygen atoms in total. The monoisotopic (exact) mass is 270 g/mol. The van der Waals surface area contributed by atoms with Crippen LogP contribution in [0.2, 0.25) is 0 Å². The number of aromatic nitrogens is 1. The molecule has 0 radical (unpaired) electrons. The molecule has 1 atom stereocenters. The quantitative estimate of drug-likeness (QED) is 0.909. The third-order valence-corrected chi connectivity index (χ3v) is 4.01. The number of pyridine rings is 1. The predicted octanol–water partition coefficient (Wildman–Crippen LogP) is 3.31. The van der Waals surface area contributed by atoms with Gasteiger partial charge in [0.15, 0.2) is 0 Å². The molecular weight excluding hydrogens is 252 g/mol. The second kappa shape index (κ2) is 5.12. The lowest BCUT2D eigenvalue weighted by molar-refractivity contribution is 0.0697. The van der Waals surface area contributed by atoms with Crippen molar-refractivity contribution < 1.29 is 9.90 Å². The Balaban J connectivity index is 2.16. The van der Waals surface area contributed by atoms with Crippen molar-refractivity contribution in [2.45, 2.75) is 32.2 Å². The Morgan fingerprint density at radius 1 is 1.35 bits per heavy atom. The molecule has 3 rings (SSSR count). The molecule has 0 aliphatic carbocycles. The molecule has 2 aromatic rings. The summed E-state index contributed by atoms with van der Waals surface area (Å²) in [5.41, 5.74) is 1.16. The van der Waals surface area contributed by atoms with E-state index in [-0.39, 0.29) is 0 Å². The normalized spacial score (nSPS) is 19.2. The predicted molar refractivity (Wildman–Crippen MR) is 79.4 cm³/mol. The third-order valence-electron chi connectivity index (χ3n) is 4.01. The molecule has 1 N–H and O–H groups in total. The van der Waals surface area contributed by atoms with Gasteiger partial charge in [-0.05, 0) is 38.3 Å². The van der Waals surface area contributed by atoms with Crippen molar-refractivity contribution in [3.63, 3.8) is 0 Å². The summed E-state index contributed by atoms with van der Waals surface area (Å²) in [5.74, 6) is -0.292. The Kier molecular flexibility index (Phi) is 3.30. The summed E-state index contributed by atoms with van der Waals surface area (Å²) in [6.45, 7) is 3.02. The van der Waals surface area contributed by atoms with Gasteiger partial charge in [-0.3, -0.25) is 0 Å². The van der Waals surface area contributed by atoms with Crippen LogP contribution in [0.25, 0.3) is 10.9 Å². The van der Waals surface area contributed by atoms with Crippen molar-refractivity contribution in [1.29, 1.82) is 0 Å². The van der Waals surface area contributed by atoms with Crippen LogP contribution in [0, 0.1) is 0 Å². The summed E-state index contributed by atoms with van der Waals surface area (Å²) in [5, 5.41) is 10.3. The zero-order valence-electron chi connectivity index (χ0n) is 11.5. The number of para-hydroxylation sites is 1. The number of piperidine rings is 1. The van der Waals surface area contributed by atoms with E-state index in [0.29, 0.717) is 17.4 Å². The number of carboxylic acids is 1. The van der Waals surface area contributed by atoms with Gasteiger partial charge < -0.3 is 10.0 Å². The van der Waals surface area contributed by atoms with Crippen LogP contribution in [0.4, 0.5) is 5.82 Å². The maximum atomic E-state index is 11.5. The SMILES string of the molecule is CC1CCCCN1c1nc2ccccc2cc1C(=O)O. The minimum absolute atomic E-state index is 0.303. The number of rotatable bonds is 2. The zero-order valence-corrected chi connectivity index (χ0v) is 11.5. The Hall–Kier alpha value is -2.10. The number of nitrogens with zero attached hydrogens (tertiary/aromatic N) is 2. The molecule has 20 heavy (non-hydrogen) atoms. The number of carboxylic acid groups (broad SMARTS) is 1. The van der Waals surface area contributed by atoms with E-state index < -0.39 is 5.97 Å². The van der Waals surface area contributed by atoms with Crippen LogP contribution < -0.4 is 4.90 Å². The van der Waals surface area contributed by atoms with Crippen LogP contribution in [0.1, 0.15) is 36.5 Å². The van der Waals surface area contributed by atoms with E-state index in [2.05, 4.69) is 16.8 Å². The topological polar surface area (TPSA) is 53.4 Å². The van der Waals surface area contributed by atoms with Gasteiger partial charge in [-0.25, -0.2) is 9.78 Å². The van der Waals surface area contributed by atoms with Gasteiger partial charge in [0, 0.05) is 18.0 Å². The molecule has 1 saturated heterocycles. The standard InChI is InChI=1S/C16H18N2O2/c1-11-6-4-5-9-18(11)15-13(16(19)20)10-12-7-2-3-8-14(12)17-15/h2-3,7-8,10-11H,4-6,9H2,1H3,(H,19,20). The van der Waals surface area contributed by atoms with Crippen molar-refractivity contribution in [3.05, 3.63) is 35.9 Å². The summed E-state index contributed by atoms with van der Waals surface area (Å²) >= 11 is 0. The summed E-state index contributed by atoms with van der Waals surface area (Å²) in [6, 6.07) is 9.74. The van der Waals surface area contributed by atoms with Gasteiger partial charge in [0.05, 0.1) is 5.52 Å². The summed E-state index contributed by atoms with van der Waals surface area (Å²) in [6.07, 6.45) is 3.39. The largest absolute Gasteiger partial charge is 0.478 e. The zero-order chi connectivity index (χ0) is 14.1. The van der Waals surface area contributed by atoms with Gasteiger partial charge in [-0.1, -0.05) is 18.2 Å². The van der Waals surface area contributed by atoms with Crippen LogP contribution in [0.15, 0.2) is 30.3 Å². The lowest BCUT2D eigenvalue weighted by Gasteiger charge is -2.35. The van der Waals surface area contributed by atoms with Crippen LogP contribution in [0.3, 0.4) is 0 Å². The van der Waals surface area contributed by atoms with Gasteiger partial charge in [0.1, 0.15) is 11.4 Å². The number of benzene rings is 1. The molecule has 1 unspecified atom stereocenters. The molecule has 2 heterocycles. The molecule has 0 amide bonds. The lowest BCUT2D eigenvalue weighted by atomic mass is 10.0. The number of aromatic carboxylic acids is 1. The van der Waals surface area contributed by atoms with Crippen molar-refractivity contribution in [2.24, 2.45) is 0 Å². The maximum absolute atomic E-state index is 11.5. The minimum Gasteiger partial charge on any atom is -0.478 e. The Bertz CT molecular complexity index is 654. The van der Waals surface area contributed by atoms with Crippen molar-refractivity contribution >= 4 is 22.7 Å². The van der Waals surface area contributed by atoms with Crippen LogP contribution in [0.5, 0.6) is 0 Å². The average Bonchev–Trinajstić information content (AvgIpc) is 2.46. The fourth-order valence-corrected chi connectivity index (χ4v) is 2.89. The van der Waals surface area contributed by atoms with E-state index >= 15 is 0 Å². The Morgan fingerprint density at radius 2 is 2.15 bits per heavy atom.